The highest BCUT2D eigenvalue weighted by Gasteiger charge is 2.23. The first-order valence-electron chi connectivity index (χ1n) is 9.44. The number of amides is 1. The first-order chi connectivity index (χ1) is 14.3. The number of rotatable bonds is 5. The number of non-ortho nitro benzene ring substituents is 1. The van der Waals surface area contributed by atoms with E-state index in [1.807, 2.05) is 11.8 Å². The average molecular weight is 413 g/mol. The standard InChI is InChI=1S/C21H23N3O6/c1-13-10-15(11-17(14(13)2)21(26)29-3)22-20(25)18-12-16(24(27)28)4-5-19(18)23-6-8-30-9-7-23/h4-5,10-12H,6-9H2,1-3H3,(H,22,25). The van der Waals surface area contributed by atoms with Gasteiger partial charge in [0.05, 0.1) is 42.1 Å². The third kappa shape index (κ3) is 4.41. The van der Waals surface area contributed by atoms with Crippen molar-refractivity contribution >= 4 is 28.9 Å². The van der Waals surface area contributed by atoms with Crippen molar-refractivity contribution in [2.45, 2.75) is 13.8 Å². The molecule has 1 heterocycles. The molecule has 1 aliphatic heterocycles. The summed E-state index contributed by atoms with van der Waals surface area (Å²) in [6, 6.07) is 7.51. The maximum absolute atomic E-state index is 13.1. The Morgan fingerprint density at radius 3 is 2.47 bits per heavy atom. The van der Waals surface area contributed by atoms with Gasteiger partial charge in [-0.05, 0) is 43.2 Å². The van der Waals surface area contributed by atoms with Gasteiger partial charge in [-0.1, -0.05) is 0 Å². The molecule has 158 valence electrons. The van der Waals surface area contributed by atoms with Crippen LogP contribution in [-0.4, -0.2) is 50.2 Å². The van der Waals surface area contributed by atoms with Gasteiger partial charge in [-0.3, -0.25) is 14.9 Å². The van der Waals surface area contributed by atoms with Crippen LogP contribution in [-0.2, 0) is 9.47 Å². The number of esters is 1. The van der Waals surface area contributed by atoms with Crippen molar-refractivity contribution in [3.05, 3.63) is 62.7 Å². The number of ether oxygens (including phenoxy) is 2. The number of carbonyl (C=O) groups is 2. The topological polar surface area (TPSA) is 111 Å². The number of carbonyl (C=O) groups excluding carboxylic acids is 2. The van der Waals surface area contributed by atoms with Crippen molar-refractivity contribution in [3.63, 3.8) is 0 Å². The van der Waals surface area contributed by atoms with E-state index in [-0.39, 0.29) is 11.3 Å². The summed E-state index contributed by atoms with van der Waals surface area (Å²) in [4.78, 5) is 37.8. The minimum atomic E-state index is -0.536. The number of morpholine rings is 1. The number of hydrogen-bond acceptors (Lipinski definition) is 7. The fraction of sp³-hybridized carbons (Fsp3) is 0.333. The van der Waals surface area contributed by atoms with Gasteiger partial charge in [-0.25, -0.2) is 4.79 Å². The van der Waals surface area contributed by atoms with E-state index < -0.39 is 16.8 Å². The zero-order chi connectivity index (χ0) is 21.8. The third-order valence-corrected chi connectivity index (χ3v) is 5.12. The summed E-state index contributed by atoms with van der Waals surface area (Å²) in [5.41, 5.74) is 2.92. The number of anilines is 2. The molecule has 0 aromatic heterocycles. The summed E-state index contributed by atoms with van der Waals surface area (Å²) in [5, 5.41) is 14.0. The number of benzene rings is 2. The van der Waals surface area contributed by atoms with E-state index in [1.165, 1.54) is 25.3 Å². The third-order valence-electron chi connectivity index (χ3n) is 5.12. The molecule has 0 radical (unpaired) electrons. The Hall–Kier alpha value is -3.46. The van der Waals surface area contributed by atoms with Crippen molar-refractivity contribution in [2.24, 2.45) is 0 Å². The van der Waals surface area contributed by atoms with Gasteiger partial charge < -0.3 is 19.7 Å². The molecule has 0 unspecified atom stereocenters. The molecule has 0 aliphatic carbocycles. The molecule has 9 nitrogen and oxygen atoms in total. The molecule has 0 atom stereocenters. The summed E-state index contributed by atoms with van der Waals surface area (Å²) >= 11 is 0. The normalized spacial score (nSPS) is 13.6. The monoisotopic (exact) mass is 413 g/mol. The predicted molar refractivity (Wildman–Crippen MR) is 111 cm³/mol. The first-order valence-corrected chi connectivity index (χ1v) is 9.44. The van der Waals surface area contributed by atoms with E-state index in [0.29, 0.717) is 43.2 Å². The van der Waals surface area contributed by atoms with Gasteiger partial charge in [0.1, 0.15) is 0 Å². The molecule has 0 spiro atoms. The average Bonchev–Trinajstić information content (AvgIpc) is 2.75. The quantitative estimate of drug-likeness (QED) is 0.455. The van der Waals surface area contributed by atoms with E-state index in [9.17, 15) is 19.7 Å². The fourth-order valence-electron chi connectivity index (χ4n) is 3.35. The SMILES string of the molecule is COC(=O)c1cc(NC(=O)c2cc([N+](=O)[O-])ccc2N2CCOCC2)cc(C)c1C. The number of nitrogens with one attached hydrogen (secondary N) is 1. The van der Waals surface area contributed by atoms with Gasteiger partial charge in [-0.2, -0.15) is 0 Å². The van der Waals surface area contributed by atoms with Crippen LogP contribution in [0.1, 0.15) is 31.8 Å². The lowest BCUT2D eigenvalue weighted by Crippen LogP contribution is -2.37. The van der Waals surface area contributed by atoms with Gasteiger partial charge in [0, 0.05) is 30.9 Å². The molecule has 0 bridgehead atoms. The van der Waals surface area contributed by atoms with Gasteiger partial charge in [0.2, 0.25) is 0 Å². The highest BCUT2D eigenvalue weighted by atomic mass is 16.6. The van der Waals surface area contributed by atoms with Crippen LogP contribution in [0.5, 0.6) is 0 Å². The second-order valence-corrected chi connectivity index (χ2v) is 6.97. The van der Waals surface area contributed by atoms with Crippen LogP contribution in [0.15, 0.2) is 30.3 Å². The lowest BCUT2D eigenvalue weighted by atomic mass is 10.0. The zero-order valence-electron chi connectivity index (χ0n) is 17.1. The second-order valence-electron chi connectivity index (χ2n) is 6.97. The van der Waals surface area contributed by atoms with Gasteiger partial charge in [-0.15, -0.1) is 0 Å². The molecular formula is C21H23N3O6. The molecule has 1 amide bonds. The highest BCUT2D eigenvalue weighted by molar-refractivity contribution is 6.09. The van der Waals surface area contributed by atoms with Crippen LogP contribution in [0.3, 0.4) is 0 Å². The van der Waals surface area contributed by atoms with Crippen molar-refractivity contribution in [3.8, 4) is 0 Å². The van der Waals surface area contributed by atoms with Crippen LogP contribution in [0.4, 0.5) is 17.1 Å². The predicted octanol–water partition coefficient (Wildman–Crippen LogP) is 3.09. The summed E-state index contributed by atoms with van der Waals surface area (Å²) < 4.78 is 10.2. The van der Waals surface area contributed by atoms with Gasteiger partial charge in [0.25, 0.3) is 11.6 Å². The Kier molecular flexibility index (Phi) is 6.31. The Bertz CT molecular complexity index is 998. The molecule has 1 saturated heterocycles. The minimum Gasteiger partial charge on any atom is -0.465 e. The Labute approximate surface area is 173 Å². The van der Waals surface area contributed by atoms with E-state index in [2.05, 4.69) is 5.32 Å². The maximum atomic E-state index is 13.1. The van der Waals surface area contributed by atoms with Crippen LogP contribution >= 0.6 is 0 Å². The van der Waals surface area contributed by atoms with E-state index in [0.717, 1.165) is 11.1 Å². The van der Waals surface area contributed by atoms with E-state index in [1.54, 1.807) is 19.1 Å². The van der Waals surface area contributed by atoms with E-state index in [4.69, 9.17) is 9.47 Å². The summed E-state index contributed by atoms with van der Waals surface area (Å²) in [6.07, 6.45) is 0. The van der Waals surface area contributed by atoms with Crippen LogP contribution in [0, 0.1) is 24.0 Å². The van der Waals surface area contributed by atoms with Crippen molar-refractivity contribution in [1.82, 2.24) is 0 Å². The number of hydrogen-bond donors (Lipinski definition) is 1. The Morgan fingerprint density at radius 1 is 1.13 bits per heavy atom. The fourth-order valence-corrected chi connectivity index (χ4v) is 3.35. The Morgan fingerprint density at radius 2 is 1.83 bits per heavy atom. The number of nitro groups is 1. The van der Waals surface area contributed by atoms with Gasteiger partial charge >= 0.3 is 5.97 Å². The van der Waals surface area contributed by atoms with E-state index >= 15 is 0 Å². The molecule has 1 aliphatic rings. The first kappa shape index (κ1) is 21.3. The summed E-state index contributed by atoms with van der Waals surface area (Å²) in [7, 11) is 1.29. The number of nitro benzene ring substituents is 1. The lowest BCUT2D eigenvalue weighted by Gasteiger charge is -2.30. The highest BCUT2D eigenvalue weighted by Crippen LogP contribution is 2.28. The summed E-state index contributed by atoms with van der Waals surface area (Å²) in [6.45, 7) is 5.80. The number of methoxy groups -OCH3 is 1. The maximum Gasteiger partial charge on any atom is 0.338 e. The van der Waals surface area contributed by atoms with Crippen LogP contribution in [0.2, 0.25) is 0 Å². The molecule has 9 heteroatoms. The molecular weight excluding hydrogens is 390 g/mol. The molecule has 2 aromatic carbocycles. The smallest absolute Gasteiger partial charge is 0.338 e. The molecule has 0 saturated carbocycles. The van der Waals surface area contributed by atoms with Crippen molar-refractivity contribution < 1.29 is 24.0 Å². The molecule has 2 aromatic rings. The summed E-state index contributed by atoms with van der Waals surface area (Å²) in [5.74, 6) is -1.00. The molecule has 3 rings (SSSR count). The largest absolute Gasteiger partial charge is 0.465 e. The zero-order valence-corrected chi connectivity index (χ0v) is 17.1. The molecule has 1 fully saturated rings. The van der Waals surface area contributed by atoms with Crippen LogP contribution < -0.4 is 10.2 Å². The van der Waals surface area contributed by atoms with Crippen LogP contribution in [0.25, 0.3) is 0 Å². The molecule has 1 N–H and O–H groups in total. The van der Waals surface area contributed by atoms with Crippen molar-refractivity contribution in [2.75, 3.05) is 43.6 Å². The van der Waals surface area contributed by atoms with Gasteiger partial charge in [0.15, 0.2) is 0 Å². The molecule has 30 heavy (non-hydrogen) atoms. The number of nitrogens with zero attached hydrogens (tertiary/aromatic N) is 2. The Balaban J connectivity index is 1.98. The minimum absolute atomic E-state index is 0.174. The number of aryl methyl sites for hydroxylation is 1. The lowest BCUT2D eigenvalue weighted by molar-refractivity contribution is -0.384. The second kappa shape index (κ2) is 8.91. The van der Waals surface area contributed by atoms with Crippen molar-refractivity contribution in [1.29, 1.82) is 0 Å².